The maximum atomic E-state index is 12.5. The van der Waals surface area contributed by atoms with E-state index in [-0.39, 0.29) is 36.3 Å². The van der Waals surface area contributed by atoms with Crippen LogP contribution < -0.4 is 10.6 Å². The second-order valence-electron chi connectivity index (χ2n) is 14.6. The molecule has 6 N–H and O–H groups in total. The number of nitrogens with one attached hydrogen (secondary N) is 3. The number of hydrogen-bond donors (Lipinski definition) is 6. The molecule has 46 heavy (non-hydrogen) atoms. The number of carbonyl (C=O) groups excluding carboxylic acids is 2. The van der Waals surface area contributed by atoms with Gasteiger partial charge in [-0.05, 0) is 92.7 Å². The normalized spacial score (nSPS) is 35.0. The number of rotatable bonds is 9. The van der Waals surface area contributed by atoms with Gasteiger partial charge in [0, 0.05) is 28.9 Å². The van der Waals surface area contributed by atoms with Crippen molar-refractivity contribution in [2.24, 2.45) is 33.7 Å². The Morgan fingerprint density at radius 2 is 1.89 bits per heavy atom. The van der Waals surface area contributed by atoms with Crippen molar-refractivity contribution >= 4 is 34.4 Å². The molecule has 11 nitrogen and oxygen atoms in total. The van der Waals surface area contributed by atoms with Gasteiger partial charge in [0.15, 0.2) is 6.61 Å². The van der Waals surface area contributed by atoms with Crippen LogP contribution in [-0.2, 0) is 25.6 Å². The molecule has 1 aromatic heterocycles. The molecule has 0 aliphatic heterocycles. The van der Waals surface area contributed by atoms with Gasteiger partial charge in [-0.25, -0.2) is 4.79 Å². The summed E-state index contributed by atoms with van der Waals surface area (Å²) in [6.45, 7) is 5.61. The minimum atomic E-state index is -1.17. The molecule has 2 amide bonds. The largest absolute Gasteiger partial charge is 0.480 e. The molecule has 3 saturated carbocycles. The lowest BCUT2D eigenvalue weighted by Crippen LogP contribution is -2.59. The van der Waals surface area contributed by atoms with Crippen molar-refractivity contribution < 1.29 is 34.5 Å². The number of benzene rings is 1. The molecule has 1 heterocycles. The van der Waals surface area contributed by atoms with Gasteiger partial charge in [0.05, 0.1) is 24.0 Å². The Balaban J connectivity index is 0.998. The minimum Gasteiger partial charge on any atom is -0.480 e. The van der Waals surface area contributed by atoms with E-state index in [1.807, 2.05) is 31.2 Å². The summed E-state index contributed by atoms with van der Waals surface area (Å²) in [4.78, 5) is 45.1. The summed E-state index contributed by atoms with van der Waals surface area (Å²) < 4.78 is 0. The molecule has 0 radical (unpaired) electrons. The zero-order chi connectivity index (χ0) is 32.9. The number of hydrogen-bond acceptors (Lipinski definition) is 7. The van der Waals surface area contributed by atoms with E-state index in [1.54, 1.807) is 6.20 Å². The molecule has 3 fully saturated rings. The number of nitrogens with zero attached hydrogens (tertiary/aromatic N) is 1. The Morgan fingerprint density at radius 3 is 2.67 bits per heavy atom. The first-order valence-corrected chi connectivity index (χ1v) is 16.5. The fourth-order valence-electron chi connectivity index (χ4n) is 9.36. The van der Waals surface area contributed by atoms with Crippen molar-refractivity contribution in [1.82, 2.24) is 15.6 Å². The topological polar surface area (TPSA) is 173 Å². The molecule has 248 valence electrons. The number of amides is 2. The van der Waals surface area contributed by atoms with Crippen molar-refractivity contribution in [3.05, 3.63) is 47.7 Å². The molecule has 11 heteroatoms. The Hall–Kier alpha value is -3.70. The second-order valence-corrected chi connectivity index (χ2v) is 14.6. The number of aromatic amines is 1. The van der Waals surface area contributed by atoms with E-state index < -0.39 is 35.5 Å². The van der Waals surface area contributed by atoms with Gasteiger partial charge in [-0.1, -0.05) is 42.8 Å². The monoisotopic (exact) mass is 634 g/mol. The van der Waals surface area contributed by atoms with E-state index in [4.69, 9.17) is 4.84 Å². The summed E-state index contributed by atoms with van der Waals surface area (Å²) in [5, 5.41) is 42.4. The van der Waals surface area contributed by atoms with Gasteiger partial charge in [-0.3, -0.25) is 9.59 Å². The van der Waals surface area contributed by atoms with Gasteiger partial charge < -0.3 is 35.8 Å². The van der Waals surface area contributed by atoms with Crippen LogP contribution in [0.4, 0.5) is 0 Å². The number of H-pyrrole nitrogens is 1. The highest BCUT2D eigenvalue weighted by molar-refractivity contribution is 5.96. The van der Waals surface area contributed by atoms with Crippen LogP contribution in [0.5, 0.6) is 0 Å². The van der Waals surface area contributed by atoms with E-state index >= 15 is 0 Å². The van der Waals surface area contributed by atoms with Crippen LogP contribution in [0.15, 0.2) is 47.3 Å². The number of aromatic nitrogens is 1. The van der Waals surface area contributed by atoms with Crippen molar-refractivity contribution in [2.45, 2.75) is 89.9 Å². The number of fused-ring (bicyclic) bond motifs is 6. The van der Waals surface area contributed by atoms with Crippen molar-refractivity contribution in [1.29, 1.82) is 0 Å². The number of aliphatic hydroxyl groups excluding tert-OH is 1. The van der Waals surface area contributed by atoms with E-state index in [2.05, 4.69) is 40.7 Å². The summed E-state index contributed by atoms with van der Waals surface area (Å²) in [6, 6.07) is 6.37. The summed E-state index contributed by atoms with van der Waals surface area (Å²) in [5.41, 5.74) is 2.49. The van der Waals surface area contributed by atoms with Crippen LogP contribution in [0.1, 0.15) is 71.3 Å². The summed E-state index contributed by atoms with van der Waals surface area (Å²) in [7, 11) is 0. The molecule has 6 rings (SSSR count). The highest BCUT2D eigenvalue weighted by Gasteiger charge is 2.64. The average Bonchev–Trinajstić information content (AvgIpc) is 3.52. The summed E-state index contributed by atoms with van der Waals surface area (Å²) >= 11 is 0. The van der Waals surface area contributed by atoms with E-state index in [1.165, 1.54) is 5.57 Å². The van der Waals surface area contributed by atoms with Gasteiger partial charge in [0.2, 0.25) is 5.91 Å². The Labute approximate surface area is 268 Å². The number of aliphatic hydroxyl groups is 2. The first-order valence-electron chi connectivity index (χ1n) is 16.5. The smallest absolute Gasteiger partial charge is 0.326 e. The van der Waals surface area contributed by atoms with Gasteiger partial charge >= 0.3 is 5.97 Å². The third-order valence-corrected chi connectivity index (χ3v) is 12.0. The first-order chi connectivity index (χ1) is 21.8. The molecule has 0 unspecified atom stereocenters. The number of oxime groups is 1. The Kier molecular flexibility index (Phi) is 8.52. The highest BCUT2D eigenvalue weighted by Crippen LogP contribution is 2.67. The number of carbonyl (C=O) groups is 3. The lowest BCUT2D eigenvalue weighted by Gasteiger charge is -2.60. The third kappa shape index (κ3) is 5.72. The zero-order valence-corrected chi connectivity index (χ0v) is 26.8. The van der Waals surface area contributed by atoms with E-state index in [9.17, 15) is 29.7 Å². The van der Waals surface area contributed by atoms with Crippen LogP contribution in [0.25, 0.3) is 10.9 Å². The van der Waals surface area contributed by atoms with Gasteiger partial charge in [0.1, 0.15) is 6.04 Å². The standard InChI is InChI=1S/C35H46N4O7/c1-33-12-10-22(15-21(33)8-9-24-25-11-13-35(3,45)34(25,2)16-28(40)31(24)33)39-46-19-30(42)37-18-29(41)38-27(32(43)44)14-20-17-36-26-7-5-4-6-23(20)26/h4-7,15,17,24-25,27-28,31,36,40,45H,8-14,16,18-19H2,1-3H3,(H,37,42)(H,38,41)(H,43,44)/b39-22-/t24-,25+,27+,28+,31+,33-,34-,35-/m0/s1. The SMILES string of the molecule is C[C@]12CC/C(=N/OCC(=O)NCC(=O)N[C@H](Cc3c[nH]c4ccccc34)C(=O)O)C=C1CC[C@@H]1[C@@H]2[C@H](O)C[C@@]2(C)[C@@H]1CC[C@]2(C)O. The quantitative estimate of drug-likeness (QED) is 0.229. The van der Waals surface area contributed by atoms with Crippen LogP contribution in [0, 0.1) is 28.6 Å². The molecule has 0 saturated heterocycles. The molecule has 1 aromatic carbocycles. The molecule has 8 atom stereocenters. The fourth-order valence-corrected chi connectivity index (χ4v) is 9.36. The molecule has 2 aromatic rings. The highest BCUT2D eigenvalue weighted by atomic mass is 16.6. The van der Waals surface area contributed by atoms with Crippen molar-refractivity contribution in [3.63, 3.8) is 0 Å². The van der Waals surface area contributed by atoms with Gasteiger partial charge in [-0.15, -0.1) is 0 Å². The van der Waals surface area contributed by atoms with Gasteiger partial charge in [0.25, 0.3) is 5.91 Å². The van der Waals surface area contributed by atoms with Crippen molar-refractivity contribution in [2.75, 3.05) is 13.2 Å². The number of carboxylic acid groups (broad SMARTS) is 1. The second kappa shape index (κ2) is 12.2. The predicted octanol–water partition coefficient (Wildman–Crippen LogP) is 3.45. The number of allylic oxidation sites excluding steroid dienone is 2. The maximum Gasteiger partial charge on any atom is 0.326 e. The van der Waals surface area contributed by atoms with Crippen LogP contribution in [0.2, 0.25) is 0 Å². The van der Waals surface area contributed by atoms with E-state index in [0.717, 1.165) is 54.3 Å². The Bertz CT molecular complexity index is 1580. The molecule has 4 aliphatic rings. The van der Waals surface area contributed by atoms with Crippen molar-refractivity contribution in [3.8, 4) is 0 Å². The number of aliphatic carboxylic acids is 1. The van der Waals surface area contributed by atoms with Crippen LogP contribution >= 0.6 is 0 Å². The molecule has 0 bridgehead atoms. The fraction of sp³-hybridized carbons (Fsp3) is 0.600. The third-order valence-electron chi connectivity index (χ3n) is 12.0. The van der Waals surface area contributed by atoms with Crippen LogP contribution in [0.3, 0.4) is 0 Å². The molecule has 0 spiro atoms. The van der Waals surface area contributed by atoms with Crippen LogP contribution in [-0.4, -0.2) is 74.7 Å². The maximum absolute atomic E-state index is 12.5. The molecular weight excluding hydrogens is 588 g/mol. The lowest BCUT2D eigenvalue weighted by atomic mass is 9.45. The molecule has 4 aliphatic carbocycles. The minimum absolute atomic E-state index is 0.0939. The Morgan fingerprint density at radius 1 is 1.11 bits per heavy atom. The summed E-state index contributed by atoms with van der Waals surface area (Å²) in [5.74, 6) is -1.41. The lowest BCUT2D eigenvalue weighted by molar-refractivity contribution is -0.164. The summed E-state index contributed by atoms with van der Waals surface area (Å²) in [6.07, 6.45) is 9.19. The van der Waals surface area contributed by atoms with E-state index in [0.29, 0.717) is 24.7 Å². The number of carboxylic acids is 1. The first kappa shape index (κ1) is 32.2. The predicted molar refractivity (Wildman–Crippen MR) is 172 cm³/mol. The average molecular weight is 635 g/mol. The van der Waals surface area contributed by atoms with Gasteiger partial charge in [-0.2, -0.15) is 0 Å². The zero-order valence-electron chi connectivity index (χ0n) is 26.8. The number of para-hydroxylation sites is 1. The molecular formula is C35H46N4O7.